The summed E-state index contributed by atoms with van der Waals surface area (Å²) in [6.45, 7) is -10.2. The Morgan fingerprint density at radius 3 is 2.52 bits per heavy atom. The molecule has 0 amide bonds. The minimum absolute atomic E-state index is 0. The molecule has 2 N–H and O–H groups in total. The van der Waals surface area contributed by atoms with Crippen LogP contribution in [0.2, 0.25) is 0 Å². The van der Waals surface area contributed by atoms with Crippen LogP contribution in [0.3, 0.4) is 0 Å². The number of nitrogen functional groups attached to an aromatic ring is 1. The molecule has 5 rings (SSSR count). The van der Waals surface area contributed by atoms with Gasteiger partial charge in [-0.05, 0) is 49.6 Å². The average Bonchev–Trinajstić information content (AvgIpc) is 3.32. The molecule has 1 unspecified atom stereocenters. The summed E-state index contributed by atoms with van der Waals surface area (Å²) in [5.41, 5.74) is 6.78. The lowest BCUT2D eigenvalue weighted by Crippen LogP contribution is -2.52. The minimum Gasteiger partial charge on any atom is -0.398 e. The highest BCUT2D eigenvalue weighted by Gasteiger charge is 2.26. The van der Waals surface area contributed by atoms with Crippen molar-refractivity contribution in [2.75, 3.05) is 49.8 Å². The van der Waals surface area contributed by atoms with Gasteiger partial charge in [-0.2, -0.15) is 0 Å². The molecule has 0 radical (unpaired) electrons. The number of halogens is 2. The van der Waals surface area contributed by atoms with Crippen molar-refractivity contribution in [2.45, 2.75) is 25.8 Å². The van der Waals surface area contributed by atoms with Gasteiger partial charge in [0.25, 0.3) is 0 Å². The Morgan fingerprint density at radius 2 is 1.85 bits per heavy atom. The smallest absolute Gasteiger partial charge is 0.183 e. The fourth-order valence-corrected chi connectivity index (χ4v) is 3.91. The van der Waals surface area contributed by atoms with Crippen molar-refractivity contribution in [3.63, 3.8) is 0 Å². The van der Waals surface area contributed by atoms with Crippen LogP contribution in [0.15, 0.2) is 36.7 Å². The molecule has 0 aliphatic carbocycles. The molecule has 0 saturated carbocycles. The molecule has 2 fully saturated rings. The summed E-state index contributed by atoms with van der Waals surface area (Å²) < 4.78 is 104. The molecule has 0 spiro atoms. The number of anilines is 2. The van der Waals surface area contributed by atoms with E-state index in [2.05, 4.69) is 10.1 Å². The Hall–Kier alpha value is -3.04. The fraction of sp³-hybridized carbons (Fsp3) is 0.417. The Labute approximate surface area is 204 Å². The van der Waals surface area contributed by atoms with Gasteiger partial charge in [0, 0.05) is 68.6 Å². The first-order chi connectivity index (χ1) is 19.0. The van der Waals surface area contributed by atoms with Gasteiger partial charge in [0.05, 0.1) is 17.8 Å². The quantitative estimate of drug-likeness (QED) is 0.595. The maximum Gasteiger partial charge on any atom is 0.183 e. The van der Waals surface area contributed by atoms with Crippen LogP contribution in [0.1, 0.15) is 30.8 Å². The molecule has 2 aliphatic rings. The molecule has 7 nitrogen and oxygen atoms in total. The molecular formula is C24H30F2N6O. The lowest BCUT2D eigenvalue weighted by atomic mass is 10.0. The predicted molar refractivity (Wildman–Crippen MR) is 126 cm³/mol. The van der Waals surface area contributed by atoms with Crippen LogP contribution in [-0.2, 0) is 4.74 Å². The molecule has 33 heavy (non-hydrogen) atoms. The van der Waals surface area contributed by atoms with E-state index in [0.717, 1.165) is 16.8 Å². The van der Waals surface area contributed by atoms with E-state index in [1.54, 1.807) is 6.92 Å². The third-order valence-electron chi connectivity index (χ3n) is 5.50. The molecule has 2 saturated heterocycles. The molecule has 0 bridgehead atoms. The number of nitrogens with zero attached hydrogens (tertiary/aromatic N) is 5. The third-order valence-corrected chi connectivity index (χ3v) is 5.50. The first kappa shape index (κ1) is 14.3. The number of aryl methyl sites for hydroxylation is 1. The molecular weight excluding hydrogens is 426 g/mol. The predicted octanol–water partition coefficient (Wildman–Crippen LogP) is 3.65. The normalized spacial score (nSPS) is 29.4. The van der Waals surface area contributed by atoms with Gasteiger partial charge in [-0.15, -0.1) is 5.10 Å². The number of rotatable bonds is 4. The van der Waals surface area contributed by atoms with Gasteiger partial charge in [0.1, 0.15) is 18.0 Å². The summed E-state index contributed by atoms with van der Waals surface area (Å²) in [7, 11) is 0. The molecule has 3 aromatic rings. The van der Waals surface area contributed by atoms with E-state index in [1.165, 1.54) is 18.5 Å². The summed E-state index contributed by atoms with van der Waals surface area (Å²) in [6, 6.07) is 4.50. The maximum atomic E-state index is 13.7. The first-order valence-electron chi connectivity index (χ1n) is 14.5. The molecule has 176 valence electrons. The number of aromatic nitrogens is 3. The summed E-state index contributed by atoms with van der Waals surface area (Å²) in [4.78, 5) is 5.26. The molecule has 3 heterocycles. The van der Waals surface area contributed by atoms with Crippen LogP contribution in [0.5, 0.6) is 0 Å². The SMILES string of the molecule is [2H]C1([2H])N(c2cc(C)c(-c3ncn(-c4cc(F)cc(F)c4)n3)c(N)c2)C([2H])([2H])C([2H])([2H])N(C2CCCOC2)C1([2H])[2H].[HH]. The van der Waals surface area contributed by atoms with Crippen molar-refractivity contribution in [1.82, 2.24) is 19.7 Å². The fourth-order valence-electron chi connectivity index (χ4n) is 3.91. The van der Waals surface area contributed by atoms with Crippen molar-refractivity contribution in [3.8, 4) is 17.1 Å². The van der Waals surface area contributed by atoms with E-state index in [-0.39, 0.29) is 36.5 Å². The van der Waals surface area contributed by atoms with Crippen molar-refractivity contribution < 1.29 is 25.9 Å². The van der Waals surface area contributed by atoms with Crippen LogP contribution >= 0.6 is 0 Å². The van der Waals surface area contributed by atoms with Crippen LogP contribution in [0, 0.1) is 18.6 Å². The van der Waals surface area contributed by atoms with Gasteiger partial charge in [-0.3, -0.25) is 4.90 Å². The number of nitrogens with two attached hydrogens (primary N) is 1. The second kappa shape index (κ2) is 9.07. The van der Waals surface area contributed by atoms with Gasteiger partial charge in [0.15, 0.2) is 5.82 Å². The van der Waals surface area contributed by atoms with E-state index in [9.17, 15) is 8.78 Å². The molecule has 2 aliphatic heterocycles. The zero-order chi connectivity index (χ0) is 30.1. The van der Waals surface area contributed by atoms with Gasteiger partial charge in [-0.1, -0.05) is 0 Å². The number of hydrogen-bond acceptors (Lipinski definition) is 6. The van der Waals surface area contributed by atoms with Crippen LogP contribution in [-0.4, -0.2) is 64.9 Å². The molecule has 1 atom stereocenters. The number of ether oxygens (including phenoxy) is 1. The monoisotopic (exact) mass is 464 g/mol. The lowest BCUT2D eigenvalue weighted by Gasteiger charge is -2.41. The topological polar surface area (TPSA) is 72.4 Å². The van der Waals surface area contributed by atoms with Crippen LogP contribution < -0.4 is 10.6 Å². The number of piperazine rings is 1. The molecule has 1 aromatic heterocycles. The summed E-state index contributed by atoms with van der Waals surface area (Å²) in [5, 5.41) is 4.25. The second-order valence-electron chi connectivity index (χ2n) is 7.89. The van der Waals surface area contributed by atoms with E-state index in [1.807, 2.05) is 0 Å². The summed E-state index contributed by atoms with van der Waals surface area (Å²) >= 11 is 0. The summed E-state index contributed by atoms with van der Waals surface area (Å²) in [6.07, 6.45) is 2.04. The number of hydrogen-bond donors (Lipinski definition) is 1. The lowest BCUT2D eigenvalue weighted by molar-refractivity contribution is 0.0159. The van der Waals surface area contributed by atoms with Crippen molar-refractivity contribution in [1.29, 1.82) is 0 Å². The van der Waals surface area contributed by atoms with Gasteiger partial charge in [-0.25, -0.2) is 18.4 Å². The van der Waals surface area contributed by atoms with E-state index in [4.69, 9.17) is 21.4 Å². The largest absolute Gasteiger partial charge is 0.398 e. The minimum atomic E-state index is -3.07. The third kappa shape index (κ3) is 4.56. The highest BCUT2D eigenvalue weighted by atomic mass is 19.1. The van der Waals surface area contributed by atoms with Crippen LogP contribution in [0.4, 0.5) is 20.2 Å². The van der Waals surface area contributed by atoms with Crippen molar-refractivity contribution in [3.05, 3.63) is 53.9 Å². The molecule has 2 aromatic carbocycles. The van der Waals surface area contributed by atoms with E-state index >= 15 is 0 Å². The first-order valence-corrected chi connectivity index (χ1v) is 10.5. The Balaban J connectivity index is 0.00000405. The highest BCUT2D eigenvalue weighted by molar-refractivity contribution is 5.79. The zero-order valence-electron chi connectivity index (χ0n) is 25.8. The van der Waals surface area contributed by atoms with Crippen LogP contribution in [0.25, 0.3) is 17.1 Å². The van der Waals surface area contributed by atoms with E-state index < -0.39 is 43.7 Å². The van der Waals surface area contributed by atoms with Crippen molar-refractivity contribution in [2.24, 2.45) is 0 Å². The standard InChI is InChI=1S/C24H28F2N6O.H2/c1-16-9-20(31-6-4-30(5-7-31)19-3-2-8-33-14-19)13-22(27)23(16)24-28-15-32(29-24)21-11-17(25)10-18(26)12-21;/h9-13,15,19H,2-8,14,27H2,1H3;1H/i4D2,5D2,6D2,7D2;. The molecule has 9 heteroatoms. The maximum absolute atomic E-state index is 13.7. The Morgan fingerprint density at radius 1 is 1.09 bits per heavy atom. The van der Waals surface area contributed by atoms with E-state index in [0.29, 0.717) is 40.9 Å². The van der Waals surface area contributed by atoms with Crippen molar-refractivity contribution >= 4 is 11.4 Å². The number of benzene rings is 2. The Kier molecular flexibility index (Phi) is 3.92. The summed E-state index contributed by atoms with van der Waals surface area (Å²) in [5.74, 6) is -1.55. The van der Waals surface area contributed by atoms with Gasteiger partial charge < -0.3 is 15.4 Å². The Bertz CT molecular complexity index is 1410. The van der Waals surface area contributed by atoms with Gasteiger partial charge >= 0.3 is 0 Å². The second-order valence-corrected chi connectivity index (χ2v) is 7.89. The zero-order valence-corrected chi connectivity index (χ0v) is 17.8. The van der Waals surface area contributed by atoms with Gasteiger partial charge in [0.2, 0.25) is 0 Å². The average molecular weight is 465 g/mol. The highest BCUT2D eigenvalue weighted by Crippen LogP contribution is 2.32.